The summed E-state index contributed by atoms with van der Waals surface area (Å²) in [5.41, 5.74) is 1.59. The highest BCUT2D eigenvalue weighted by atomic mass is 35.5. The Morgan fingerprint density at radius 1 is 1.09 bits per heavy atom. The summed E-state index contributed by atoms with van der Waals surface area (Å²) in [6.45, 7) is -0.0560. The Hall–Kier alpha value is -2.58. The minimum atomic E-state index is -0.445. The standard InChI is InChI=1S/C24H16Cl2FNO3S2/c1-30-21-10-14(8-9-20(21)31-13-17-18(26)6-3-7-19(17)27)11-22-23(29)28(24(32)33-22)16-5-2-4-15(25)12-16/h2-12H,13H2,1H3/b22-11+. The van der Waals surface area contributed by atoms with Gasteiger partial charge in [-0.25, -0.2) is 4.39 Å². The lowest BCUT2D eigenvalue weighted by atomic mass is 10.1. The fourth-order valence-electron chi connectivity index (χ4n) is 3.17. The van der Waals surface area contributed by atoms with Crippen LogP contribution in [0.1, 0.15) is 11.1 Å². The number of benzene rings is 3. The number of hydrogen-bond donors (Lipinski definition) is 0. The molecule has 1 aliphatic rings. The number of halogens is 3. The molecule has 3 aromatic carbocycles. The zero-order chi connectivity index (χ0) is 23.5. The van der Waals surface area contributed by atoms with Gasteiger partial charge in [0.25, 0.3) is 5.91 Å². The number of carbonyl (C=O) groups excluding carboxylic acids is 1. The number of nitrogens with zero attached hydrogens (tertiary/aromatic N) is 1. The number of methoxy groups -OCH3 is 1. The maximum absolute atomic E-state index is 14.0. The van der Waals surface area contributed by atoms with Crippen LogP contribution in [0.4, 0.5) is 10.1 Å². The largest absolute Gasteiger partial charge is 0.493 e. The van der Waals surface area contributed by atoms with Crippen molar-refractivity contribution in [3.63, 3.8) is 0 Å². The van der Waals surface area contributed by atoms with Crippen LogP contribution in [-0.4, -0.2) is 17.3 Å². The molecule has 0 atom stereocenters. The van der Waals surface area contributed by atoms with E-state index in [1.54, 1.807) is 54.6 Å². The number of anilines is 1. The van der Waals surface area contributed by atoms with Crippen LogP contribution in [0.15, 0.2) is 65.6 Å². The zero-order valence-electron chi connectivity index (χ0n) is 17.2. The van der Waals surface area contributed by atoms with Gasteiger partial charge in [0, 0.05) is 10.6 Å². The van der Waals surface area contributed by atoms with Gasteiger partial charge in [0.1, 0.15) is 12.4 Å². The van der Waals surface area contributed by atoms with E-state index in [1.165, 1.54) is 35.9 Å². The third kappa shape index (κ3) is 5.17. The lowest BCUT2D eigenvalue weighted by Gasteiger charge is -2.14. The molecule has 0 spiro atoms. The Morgan fingerprint density at radius 3 is 2.61 bits per heavy atom. The predicted molar refractivity (Wildman–Crippen MR) is 136 cm³/mol. The molecule has 0 saturated carbocycles. The summed E-state index contributed by atoms with van der Waals surface area (Å²) in [6.07, 6.45) is 1.73. The van der Waals surface area contributed by atoms with Crippen molar-refractivity contribution in [1.82, 2.24) is 0 Å². The lowest BCUT2D eigenvalue weighted by molar-refractivity contribution is -0.113. The van der Waals surface area contributed by atoms with Gasteiger partial charge >= 0.3 is 0 Å². The van der Waals surface area contributed by atoms with Gasteiger partial charge in [-0.05, 0) is 54.1 Å². The fourth-order valence-corrected chi connectivity index (χ4v) is 4.87. The molecule has 33 heavy (non-hydrogen) atoms. The van der Waals surface area contributed by atoms with Crippen LogP contribution in [0.2, 0.25) is 10.0 Å². The van der Waals surface area contributed by atoms with Gasteiger partial charge in [0.15, 0.2) is 15.8 Å². The van der Waals surface area contributed by atoms with Crippen LogP contribution in [0.3, 0.4) is 0 Å². The third-order valence-corrected chi connectivity index (χ3v) is 6.67. The van der Waals surface area contributed by atoms with Crippen molar-refractivity contribution < 1.29 is 18.7 Å². The average Bonchev–Trinajstić information content (AvgIpc) is 3.06. The van der Waals surface area contributed by atoms with Gasteiger partial charge in [-0.2, -0.15) is 0 Å². The van der Waals surface area contributed by atoms with Crippen molar-refractivity contribution in [2.75, 3.05) is 12.0 Å². The molecule has 0 aromatic heterocycles. The first-order chi connectivity index (χ1) is 15.9. The predicted octanol–water partition coefficient (Wildman–Crippen LogP) is 7.13. The van der Waals surface area contributed by atoms with Crippen LogP contribution in [0, 0.1) is 5.82 Å². The van der Waals surface area contributed by atoms with Gasteiger partial charge in [0.05, 0.1) is 22.7 Å². The topological polar surface area (TPSA) is 38.8 Å². The quantitative estimate of drug-likeness (QED) is 0.256. The molecule has 0 unspecified atom stereocenters. The molecule has 9 heteroatoms. The maximum Gasteiger partial charge on any atom is 0.270 e. The second-order valence-electron chi connectivity index (χ2n) is 6.90. The molecule has 4 nitrogen and oxygen atoms in total. The Balaban J connectivity index is 1.55. The molecular weight excluding hydrogens is 504 g/mol. The normalized spacial score (nSPS) is 14.8. The molecule has 1 fully saturated rings. The summed E-state index contributed by atoms with van der Waals surface area (Å²) in [7, 11) is 1.50. The average molecular weight is 520 g/mol. The Labute approximate surface area is 209 Å². The smallest absolute Gasteiger partial charge is 0.270 e. The van der Waals surface area contributed by atoms with Crippen LogP contribution in [0.25, 0.3) is 6.08 Å². The highest BCUT2D eigenvalue weighted by Gasteiger charge is 2.33. The molecule has 1 heterocycles. The molecular formula is C24H16Cl2FNO3S2. The molecule has 3 aromatic rings. The summed E-state index contributed by atoms with van der Waals surface area (Å²) < 4.78 is 25.6. The van der Waals surface area contributed by atoms with Crippen molar-refractivity contribution in [1.29, 1.82) is 0 Å². The van der Waals surface area contributed by atoms with Gasteiger partial charge in [-0.3, -0.25) is 9.69 Å². The Kier molecular flexibility index (Phi) is 7.24. The highest BCUT2D eigenvalue weighted by Crippen LogP contribution is 2.38. The van der Waals surface area contributed by atoms with E-state index in [9.17, 15) is 9.18 Å². The first-order valence-corrected chi connectivity index (χ1v) is 11.6. The first kappa shape index (κ1) is 23.6. The SMILES string of the molecule is COc1cc(/C=C2/SC(=S)N(c3cccc(Cl)c3)C2=O)ccc1OCc1c(F)cccc1Cl. The van der Waals surface area contributed by atoms with Crippen molar-refractivity contribution in [3.8, 4) is 11.5 Å². The van der Waals surface area contributed by atoms with Crippen LogP contribution in [0.5, 0.6) is 11.5 Å². The van der Waals surface area contributed by atoms with E-state index in [2.05, 4.69) is 0 Å². The van der Waals surface area contributed by atoms with Crippen molar-refractivity contribution in [3.05, 3.63) is 92.6 Å². The monoisotopic (exact) mass is 519 g/mol. The van der Waals surface area contributed by atoms with Crippen molar-refractivity contribution >= 4 is 69.2 Å². The van der Waals surface area contributed by atoms with E-state index in [0.29, 0.717) is 31.4 Å². The molecule has 1 saturated heterocycles. The number of thioether (sulfide) groups is 1. The van der Waals surface area contributed by atoms with E-state index in [-0.39, 0.29) is 23.1 Å². The third-order valence-electron chi connectivity index (χ3n) is 4.78. The Morgan fingerprint density at radius 2 is 1.88 bits per heavy atom. The van der Waals surface area contributed by atoms with Crippen molar-refractivity contribution in [2.24, 2.45) is 0 Å². The summed E-state index contributed by atoms with van der Waals surface area (Å²) >= 11 is 18.7. The van der Waals surface area contributed by atoms with Gasteiger partial charge in [-0.1, -0.05) is 65.4 Å². The summed E-state index contributed by atoms with van der Waals surface area (Å²) in [5.74, 6) is 0.169. The molecule has 0 bridgehead atoms. The zero-order valence-corrected chi connectivity index (χ0v) is 20.3. The number of hydrogen-bond acceptors (Lipinski definition) is 5. The number of thiocarbonyl (C=S) groups is 1. The number of rotatable bonds is 6. The number of carbonyl (C=O) groups is 1. The Bertz CT molecular complexity index is 1260. The second kappa shape index (κ2) is 10.1. The van der Waals surface area contributed by atoms with Crippen LogP contribution >= 0.6 is 47.2 Å². The van der Waals surface area contributed by atoms with E-state index in [4.69, 9.17) is 44.9 Å². The molecule has 1 aliphatic heterocycles. The van der Waals surface area contributed by atoms with E-state index in [1.807, 2.05) is 0 Å². The highest BCUT2D eigenvalue weighted by molar-refractivity contribution is 8.27. The summed E-state index contributed by atoms with van der Waals surface area (Å²) in [4.78, 5) is 14.9. The second-order valence-corrected chi connectivity index (χ2v) is 9.42. The maximum atomic E-state index is 14.0. The summed E-state index contributed by atoms with van der Waals surface area (Å²) in [6, 6.07) is 16.6. The van der Waals surface area contributed by atoms with Gasteiger partial charge in [0.2, 0.25) is 0 Å². The van der Waals surface area contributed by atoms with E-state index >= 15 is 0 Å². The first-order valence-electron chi connectivity index (χ1n) is 9.64. The van der Waals surface area contributed by atoms with Crippen LogP contribution < -0.4 is 14.4 Å². The molecule has 1 amide bonds. The molecule has 0 N–H and O–H groups in total. The van der Waals surface area contributed by atoms with E-state index in [0.717, 1.165) is 5.56 Å². The van der Waals surface area contributed by atoms with E-state index < -0.39 is 5.82 Å². The number of amides is 1. The van der Waals surface area contributed by atoms with Gasteiger partial charge < -0.3 is 9.47 Å². The minimum absolute atomic E-state index is 0.0560. The molecule has 0 aliphatic carbocycles. The fraction of sp³-hybridized carbons (Fsp3) is 0.0833. The lowest BCUT2D eigenvalue weighted by Crippen LogP contribution is -2.27. The molecule has 4 rings (SSSR count). The summed E-state index contributed by atoms with van der Waals surface area (Å²) in [5, 5.41) is 0.801. The molecule has 0 radical (unpaired) electrons. The minimum Gasteiger partial charge on any atom is -0.493 e. The van der Waals surface area contributed by atoms with Gasteiger partial charge in [-0.15, -0.1) is 0 Å². The number of ether oxygens (including phenoxy) is 2. The molecule has 168 valence electrons. The van der Waals surface area contributed by atoms with Crippen molar-refractivity contribution in [2.45, 2.75) is 6.61 Å². The van der Waals surface area contributed by atoms with Crippen LogP contribution in [-0.2, 0) is 11.4 Å².